The summed E-state index contributed by atoms with van der Waals surface area (Å²) in [5, 5.41) is 10.2. The standard InChI is InChI=1S/C19H29N5OS2/c1-14-17(27-15(2)23-14)6-7-21-19(20-3)22-13-16(18-5-4-12-26-18)24-8-10-25-11-9-24/h4-5,12,16H,6-11,13H2,1-3H3,(H2,20,21,22). The Labute approximate surface area is 169 Å². The molecule has 0 bridgehead atoms. The highest BCUT2D eigenvalue weighted by molar-refractivity contribution is 7.11. The van der Waals surface area contributed by atoms with E-state index in [0.29, 0.717) is 6.04 Å². The van der Waals surface area contributed by atoms with Gasteiger partial charge in [0.1, 0.15) is 0 Å². The van der Waals surface area contributed by atoms with Crippen LogP contribution in [0.2, 0.25) is 0 Å². The van der Waals surface area contributed by atoms with Crippen LogP contribution in [0.3, 0.4) is 0 Å². The summed E-state index contributed by atoms with van der Waals surface area (Å²) in [5.41, 5.74) is 1.15. The van der Waals surface area contributed by atoms with Gasteiger partial charge in [0, 0.05) is 49.4 Å². The zero-order chi connectivity index (χ0) is 19.1. The summed E-state index contributed by atoms with van der Waals surface area (Å²) >= 11 is 3.60. The monoisotopic (exact) mass is 407 g/mol. The summed E-state index contributed by atoms with van der Waals surface area (Å²) in [5.74, 6) is 0.851. The number of rotatable bonds is 7. The minimum atomic E-state index is 0.346. The lowest BCUT2D eigenvalue weighted by Crippen LogP contribution is -2.46. The molecule has 2 N–H and O–H groups in total. The van der Waals surface area contributed by atoms with E-state index in [1.807, 2.05) is 18.4 Å². The van der Waals surface area contributed by atoms with Gasteiger partial charge in [-0.25, -0.2) is 4.98 Å². The van der Waals surface area contributed by atoms with E-state index in [4.69, 9.17) is 4.74 Å². The number of aryl methyl sites for hydroxylation is 2. The molecule has 148 valence electrons. The van der Waals surface area contributed by atoms with Crippen LogP contribution in [-0.4, -0.2) is 62.3 Å². The van der Waals surface area contributed by atoms with Crippen molar-refractivity contribution in [2.24, 2.45) is 4.99 Å². The van der Waals surface area contributed by atoms with Crippen LogP contribution >= 0.6 is 22.7 Å². The molecule has 3 rings (SSSR count). The Balaban J connectivity index is 1.52. The number of guanidine groups is 1. The first-order valence-corrected chi connectivity index (χ1v) is 11.1. The SMILES string of the molecule is CN=C(NCCc1sc(C)nc1C)NCC(c1cccs1)N1CCOCC1. The van der Waals surface area contributed by atoms with Gasteiger partial charge < -0.3 is 15.4 Å². The van der Waals surface area contributed by atoms with Gasteiger partial charge >= 0.3 is 0 Å². The second-order valence-electron chi connectivity index (χ2n) is 6.55. The molecule has 2 aromatic rings. The Morgan fingerprint density at radius 3 is 2.78 bits per heavy atom. The minimum absolute atomic E-state index is 0.346. The van der Waals surface area contributed by atoms with Gasteiger partial charge in [-0.1, -0.05) is 6.07 Å². The third-order valence-corrected chi connectivity index (χ3v) is 6.79. The van der Waals surface area contributed by atoms with E-state index in [0.717, 1.165) is 62.5 Å². The quantitative estimate of drug-likeness (QED) is 0.546. The van der Waals surface area contributed by atoms with Crippen molar-refractivity contribution in [3.05, 3.63) is 38.0 Å². The molecule has 0 amide bonds. The van der Waals surface area contributed by atoms with Crippen molar-refractivity contribution in [3.8, 4) is 0 Å². The van der Waals surface area contributed by atoms with Crippen molar-refractivity contribution in [1.82, 2.24) is 20.5 Å². The Hall–Kier alpha value is -1.48. The number of hydrogen-bond donors (Lipinski definition) is 2. The zero-order valence-electron chi connectivity index (χ0n) is 16.3. The molecule has 0 saturated carbocycles. The van der Waals surface area contributed by atoms with Crippen molar-refractivity contribution in [1.29, 1.82) is 0 Å². The van der Waals surface area contributed by atoms with Crippen molar-refractivity contribution in [3.63, 3.8) is 0 Å². The van der Waals surface area contributed by atoms with E-state index in [2.05, 4.69) is 56.9 Å². The average molecular weight is 408 g/mol. The molecule has 1 unspecified atom stereocenters. The van der Waals surface area contributed by atoms with Crippen LogP contribution in [0.15, 0.2) is 22.5 Å². The second kappa shape index (κ2) is 10.2. The van der Waals surface area contributed by atoms with Crippen LogP contribution in [0.4, 0.5) is 0 Å². The summed E-state index contributed by atoms with van der Waals surface area (Å²) in [4.78, 5) is 14.1. The molecule has 2 aromatic heterocycles. The van der Waals surface area contributed by atoms with Crippen LogP contribution < -0.4 is 10.6 Å². The van der Waals surface area contributed by atoms with Gasteiger partial charge in [-0.15, -0.1) is 22.7 Å². The van der Waals surface area contributed by atoms with Gasteiger partial charge in [0.15, 0.2) is 5.96 Å². The summed E-state index contributed by atoms with van der Waals surface area (Å²) < 4.78 is 5.52. The number of thiophene rings is 1. The number of ether oxygens (including phenoxy) is 1. The lowest BCUT2D eigenvalue weighted by Gasteiger charge is -2.34. The van der Waals surface area contributed by atoms with Gasteiger partial charge in [-0.2, -0.15) is 0 Å². The number of nitrogens with one attached hydrogen (secondary N) is 2. The number of aromatic nitrogens is 1. The smallest absolute Gasteiger partial charge is 0.191 e. The Morgan fingerprint density at radius 2 is 2.15 bits per heavy atom. The molecule has 8 heteroatoms. The maximum Gasteiger partial charge on any atom is 0.191 e. The topological polar surface area (TPSA) is 61.8 Å². The highest BCUT2D eigenvalue weighted by Crippen LogP contribution is 2.25. The molecule has 0 radical (unpaired) electrons. The Kier molecular flexibility index (Phi) is 7.63. The molecule has 1 aliphatic rings. The number of morpholine rings is 1. The van der Waals surface area contributed by atoms with E-state index in [1.165, 1.54) is 9.75 Å². The first-order valence-electron chi connectivity index (χ1n) is 9.40. The summed E-state index contributed by atoms with van der Waals surface area (Å²) in [6, 6.07) is 4.69. The van der Waals surface area contributed by atoms with Crippen LogP contribution in [0.1, 0.15) is 26.5 Å². The van der Waals surface area contributed by atoms with Gasteiger partial charge in [0.2, 0.25) is 0 Å². The van der Waals surface area contributed by atoms with Crippen molar-refractivity contribution in [2.75, 3.05) is 46.4 Å². The number of nitrogens with zero attached hydrogens (tertiary/aromatic N) is 3. The third kappa shape index (κ3) is 5.75. The molecule has 1 aliphatic heterocycles. The fourth-order valence-corrected chi connectivity index (χ4v) is 5.09. The first-order chi connectivity index (χ1) is 13.2. The summed E-state index contributed by atoms with van der Waals surface area (Å²) in [6.07, 6.45) is 0.968. The van der Waals surface area contributed by atoms with Crippen LogP contribution in [0, 0.1) is 13.8 Å². The normalized spacial score (nSPS) is 17.1. The molecular formula is C19H29N5OS2. The minimum Gasteiger partial charge on any atom is -0.379 e. The average Bonchev–Trinajstić information content (AvgIpc) is 3.31. The maximum atomic E-state index is 5.52. The van der Waals surface area contributed by atoms with E-state index < -0.39 is 0 Å². The van der Waals surface area contributed by atoms with Crippen molar-refractivity contribution in [2.45, 2.75) is 26.3 Å². The molecule has 0 spiro atoms. The fourth-order valence-electron chi connectivity index (χ4n) is 3.29. The van der Waals surface area contributed by atoms with E-state index in [1.54, 1.807) is 11.3 Å². The largest absolute Gasteiger partial charge is 0.379 e. The number of aliphatic imine (C=N–C) groups is 1. The van der Waals surface area contributed by atoms with E-state index in [-0.39, 0.29) is 0 Å². The predicted octanol–water partition coefficient (Wildman–Crippen LogP) is 2.60. The highest BCUT2D eigenvalue weighted by atomic mass is 32.1. The maximum absolute atomic E-state index is 5.52. The Morgan fingerprint density at radius 1 is 1.33 bits per heavy atom. The number of thiazole rings is 1. The van der Waals surface area contributed by atoms with E-state index >= 15 is 0 Å². The molecule has 0 aliphatic carbocycles. The molecule has 1 atom stereocenters. The van der Waals surface area contributed by atoms with Gasteiger partial charge in [0.25, 0.3) is 0 Å². The van der Waals surface area contributed by atoms with Crippen LogP contribution in [-0.2, 0) is 11.2 Å². The fraction of sp³-hybridized carbons (Fsp3) is 0.579. The molecule has 6 nitrogen and oxygen atoms in total. The first kappa shape index (κ1) is 20.3. The van der Waals surface area contributed by atoms with Gasteiger partial charge in [0.05, 0.1) is 30.0 Å². The van der Waals surface area contributed by atoms with E-state index in [9.17, 15) is 0 Å². The highest BCUT2D eigenvalue weighted by Gasteiger charge is 2.23. The predicted molar refractivity (Wildman–Crippen MR) is 114 cm³/mol. The lowest BCUT2D eigenvalue weighted by molar-refractivity contribution is 0.0177. The van der Waals surface area contributed by atoms with Crippen molar-refractivity contribution < 1.29 is 4.74 Å². The zero-order valence-corrected chi connectivity index (χ0v) is 18.0. The molecule has 27 heavy (non-hydrogen) atoms. The molecule has 1 fully saturated rings. The molecular weight excluding hydrogens is 378 g/mol. The van der Waals surface area contributed by atoms with Gasteiger partial charge in [-0.3, -0.25) is 9.89 Å². The van der Waals surface area contributed by atoms with Crippen LogP contribution in [0.5, 0.6) is 0 Å². The number of hydrogen-bond acceptors (Lipinski definition) is 6. The molecule has 3 heterocycles. The second-order valence-corrected chi connectivity index (χ2v) is 8.82. The molecule has 1 saturated heterocycles. The molecule has 0 aromatic carbocycles. The summed E-state index contributed by atoms with van der Waals surface area (Å²) in [6.45, 7) is 9.39. The lowest BCUT2D eigenvalue weighted by atomic mass is 10.2. The Bertz CT molecular complexity index is 723. The summed E-state index contributed by atoms with van der Waals surface area (Å²) in [7, 11) is 1.83. The van der Waals surface area contributed by atoms with Crippen molar-refractivity contribution >= 4 is 28.6 Å². The van der Waals surface area contributed by atoms with Gasteiger partial charge in [-0.05, 0) is 25.3 Å². The van der Waals surface area contributed by atoms with Crippen LogP contribution in [0.25, 0.3) is 0 Å². The third-order valence-electron chi connectivity index (χ3n) is 4.69.